The van der Waals surface area contributed by atoms with Gasteiger partial charge in [-0.15, -0.1) is 0 Å². The number of aromatic nitrogens is 4. The molecule has 0 radical (unpaired) electrons. The van der Waals surface area contributed by atoms with Crippen LogP contribution in [0.4, 0.5) is 5.82 Å². The van der Waals surface area contributed by atoms with Crippen molar-refractivity contribution in [2.75, 3.05) is 12.3 Å². The lowest BCUT2D eigenvalue weighted by Gasteiger charge is -2.18. The molecule has 0 bridgehead atoms. The third-order valence-electron chi connectivity index (χ3n) is 3.21. The van der Waals surface area contributed by atoms with Gasteiger partial charge in [0.15, 0.2) is 17.7 Å². The lowest BCUT2D eigenvalue weighted by molar-refractivity contribution is -0.00649. The second-order valence-corrected chi connectivity index (χ2v) is 8.58. The molecule has 0 saturated heterocycles. The predicted molar refractivity (Wildman–Crippen MR) is 90.3 cm³/mol. The van der Waals surface area contributed by atoms with E-state index in [-0.39, 0.29) is 5.82 Å². The summed E-state index contributed by atoms with van der Waals surface area (Å²) in [6.07, 6.45) is 4.64. The van der Waals surface area contributed by atoms with Crippen molar-refractivity contribution in [2.45, 2.75) is 12.3 Å². The number of nitrogens with zero attached hydrogens (tertiary/aromatic N) is 4. The lowest BCUT2D eigenvalue weighted by atomic mass is 10.4. The number of imidazole rings is 1. The molecule has 0 saturated carbocycles. The van der Waals surface area contributed by atoms with E-state index < -0.39 is 34.6 Å². The van der Waals surface area contributed by atoms with Crippen molar-refractivity contribution in [3.63, 3.8) is 0 Å². The molecule has 5 atom stereocenters. The number of ether oxygens (including phenoxy) is 1. The fourth-order valence-electron chi connectivity index (χ4n) is 2.14. The summed E-state index contributed by atoms with van der Waals surface area (Å²) < 4.78 is 42.7. The van der Waals surface area contributed by atoms with Crippen LogP contribution in [0.3, 0.4) is 0 Å². The highest BCUT2D eigenvalue weighted by atomic mass is 31.3. The van der Waals surface area contributed by atoms with E-state index in [2.05, 4.69) is 28.1 Å². The zero-order valence-corrected chi connectivity index (χ0v) is 15.8. The summed E-state index contributed by atoms with van der Waals surface area (Å²) in [5, 5.41) is 0. The molecule has 1 aliphatic rings. The Morgan fingerprint density at radius 2 is 2.04 bits per heavy atom. The van der Waals surface area contributed by atoms with Gasteiger partial charge in [0.1, 0.15) is 17.9 Å². The first kappa shape index (κ1) is 19.5. The Labute approximate surface area is 148 Å². The van der Waals surface area contributed by atoms with Crippen molar-refractivity contribution in [1.29, 1.82) is 0 Å². The molecule has 3 unspecified atom stereocenters. The Morgan fingerprint density at radius 3 is 2.77 bits per heavy atom. The fourth-order valence-corrected chi connectivity index (χ4v) is 4.21. The van der Waals surface area contributed by atoms with Crippen LogP contribution in [-0.4, -0.2) is 42.0 Å². The van der Waals surface area contributed by atoms with Crippen LogP contribution in [0.25, 0.3) is 11.2 Å². The first-order valence-corrected chi connectivity index (χ1v) is 10.3. The molecule has 2 aromatic heterocycles. The smallest absolute Gasteiger partial charge is 0.382 e. The van der Waals surface area contributed by atoms with Crippen molar-refractivity contribution in [1.82, 2.24) is 19.5 Å². The molecule has 13 nitrogen and oxygen atoms in total. The molecular weight excluding hydrogens is 411 g/mol. The van der Waals surface area contributed by atoms with Gasteiger partial charge < -0.3 is 20.3 Å². The average Bonchev–Trinajstić information content (AvgIpc) is 3.19. The summed E-state index contributed by atoms with van der Waals surface area (Å²) in [5.41, 5.74) is 6.58. The predicted octanol–water partition coefficient (Wildman–Crippen LogP) is 0.903. The number of nitrogen functional groups attached to an aromatic ring is 1. The number of phosphoric ester groups is 1. The average molecular weight is 425 g/mol. The van der Waals surface area contributed by atoms with Gasteiger partial charge in [-0.2, -0.15) is 4.31 Å². The Balaban J connectivity index is 1.63. The normalized spacial score (nSPS) is 24.6. The summed E-state index contributed by atoms with van der Waals surface area (Å²) in [4.78, 5) is 30.5. The van der Waals surface area contributed by atoms with E-state index >= 15 is 0 Å². The SMILES string of the molecule is Nc1ncnc2c1ncn2[C@H]1C=C[C@@H](COP(=O)(O)OP(=O)(O)OP)O1. The number of rotatable bonds is 7. The van der Waals surface area contributed by atoms with Crippen LogP contribution in [0.5, 0.6) is 0 Å². The maximum atomic E-state index is 11.6. The van der Waals surface area contributed by atoms with Crippen LogP contribution in [0.2, 0.25) is 0 Å². The van der Waals surface area contributed by atoms with Crippen molar-refractivity contribution in [2.24, 2.45) is 0 Å². The zero-order chi connectivity index (χ0) is 18.9. The van der Waals surface area contributed by atoms with Crippen LogP contribution < -0.4 is 5.73 Å². The third-order valence-corrected chi connectivity index (χ3v) is 6.40. The van der Waals surface area contributed by atoms with Gasteiger partial charge in [0.25, 0.3) is 0 Å². The van der Waals surface area contributed by atoms with Crippen molar-refractivity contribution in [3.8, 4) is 0 Å². The topological polar surface area (TPSA) is 181 Å². The van der Waals surface area contributed by atoms with Gasteiger partial charge in [0.05, 0.1) is 12.9 Å². The molecule has 0 amide bonds. The second kappa shape index (κ2) is 7.40. The Bertz CT molecular complexity index is 935. The van der Waals surface area contributed by atoms with Crippen molar-refractivity contribution < 1.29 is 36.8 Å². The molecule has 3 rings (SSSR count). The molecule has 142 valence electrons. The lowest BCUT2D eigenvalue weighted by Crippen LogP contribution is -2.17. The van der Waals surface area contributed by atoms with Crippen molar-refractivity contribution >= 4 is 42.1 Å². The quantitative estimate of drug-likeness (QED) is 0.422. The van der Waals surface area contributed by atoms with Gasteiger partial charge in [-0.05, 0) is 6.08 Å². The van der Waals surface area contributed by atoms with Gasteiger partial charge in [-0.3, -0.25) is 13.4 Å². The molecule has 1 aliphatic heterocycles. The minimum absolute atomic E-state index is 0.221. The van der Waals surface area contributed by atoms with E-state index in [0.29, 0.717) is 11.2 Å². The van der Waals surface area contributed by atoms with E-state index in [4.69, 9.17) is 15.4 Å². The number of hydrogen-bond donors (Lipinski definition) is 3. The number of nitrogens with two attached hydrogens (primary N) is 1. The molecule has 0 aromatic carbocycles. The minimum atomic E-state index is -4.83. The second-order valence-electron chi connectivity index (χ2n) is 4.95. The minimum Gasteiger partial charge on any atom is -0.382 e. The third kappa shape index (κ3) is 4.34. The molecule has 0 spiro atoms. The monoisotopic (exact) mass is 425 g/mol. The van der Waals surface area contributed by atoms with Gasteiger partial charge >= 0.3 is 15.6 Å². The highest BCUT2D eigenvalue weighted by Crippen LogP contribution is 2.61. The van der Waals surface area contributed by atoms with Gasteiger partial charge in [0, 0.05) is 9.47 Å². The molecule has 0 fully saturated rings. The number of phosphoric acid groups is 2. The summed E-state index contributed by atoms with van der Waals surface area (Å²) >= 11 is 0. The van der Waals surface area contributed by atoms with E-state index in [0.717, 1.165) is 0 Å². The van der Waals surface area contributed by atoms with Gasteiger partial charge in [0.2, 0.25) is 0 Å². The summed E-state index contributed by atoms with van der Waals surface area (Å²) in [7, 11) is -8.09. The van der Waals surface area contributed by atoms with Crippen molar-refractivity contribution in [3.05, 3.63) is 24.8 Å². The van der Waals surface area contributed by atoms with E-state index in [1.54, 1.807) is 16.7 Å². The molecular formula is C10H14N5O8P3. The molecule has 2 aromatic rings. The van der Waals surface area contributed by atoms with Crippen LogP contribution in [-0.2, 0) is 27.0 Å². The first-order chi connectivity index (χ1) is 12.2. The first-order valence-electron chi connectivity index (χ1n) is 6.87. The van der Waals surface area contributed by atoms with E-state index in [1.165, 1.54) is 22.1 Å². The Morgan fingerprint density at radius 1 is 1.27 bits per heavy atom. The number of fused-ring (bicyclic) bond motifs is 1. The summed E-state index contributed by atoms with van der Waals surface area (Å²) in [5.74, 6) is 0.221. The van der Waals surface area contributed by atoms with E-state index in [9.17, 15) is 14.0 Å². The molecule has 16 heteroatoms. The largest absolute Gasteiger partial charge is 0.483 e. The molecule has 3 heterocycles. The van der Waals surface area contributed by atoms with E-state index in [1.807, 2.05) is 0 Å². The highest BCUT2D eigenvalue weighted by Gasteiger charge is 2.35. The standard InChI is InChI=1S/C10H14N5O8P3/c11-9-8-10(13-4-12-9)15(5-14-8)7-2-1-6(21-7)3-20-25(16,17)23-26(18,19)22-24/h1-2,4-7H,3,24H2,(H,16,17)(H,18,19)(H2,11,12,13)/t6-,7+/m0/s1. The van der Waals surface area contributed by atoms with Crippen LogP contribution in [0, 0.1) is 0 Å². The summed E-state index contributed by atoms with van der Waals surface area (Å²) in [6.45, 7) is -0.415. The molecule has 26 heavy (non-hydrogen) atoms. The molecule has 0 aliphatic carbocycles. The maximum Gasteiger partial charge on any atom is 0.483 e. The zero-order valence-electron chi connectivity index (χ0n) is 12.9. The van der Waals surface area contributed by atoms with Crippen LogP contribution in [0.15, 0.2) is 24.8 Å². The number of anilines is 1. The summed E-state index contributed by atoms with van der Waals surface area (Å²) in [6, 6.07) is 0. The fraction of sp³-hybridized carbons (Fsp3) is 0.300. The molecule has 4 N–H and O–H groups in total. The van der Waals surface area contributed by atoms with Crippen LogP contribution >= 0.6 is 25.1 Å². The Hall–Kier alpha value is -1.26. The Kier molecular flexibility index (Phi) is 5.55. The van der Waals surface area contributed by atoms with Crippen LogP contribution in [0.1, 0.15) is 6.23 Å². The highest BCUT2D eigenvalue weighted by molar-refractivity contribution is 7.63. The van der Waals surface area contributed by atoms with Gasteiger partial charge in [-0.25, -0.2) is 24.1 Å². The number of hydrogen-bond acceptors (Lipinski definition) is 10. The maximum absolute atomic E-state index is 11.6. The van der Waals surface area contributed by atoms with Gasteiger partial charge in [-0.1, -0.05) is 6.08 Å².